The van der Waals surface area contributed by atoms with Crippen molar-refractivity contribution < 1.29 is 9.90 Å². The van der Waals surface area contributed by atoms with Gasteiger partial charge in [-0.15, -0.1) is 0 Å². The Labute approximate surface area is 108 Å². The van der Waals surface area contributed by atoms with E-state index in [-0.39, 0.29) is 18.6 Å². The second-order valence-corrected chi connectivity index (χ2v) is 4.59. The van der Waals surface area contributed by atoms with Gasteiger partial charge < -0.3 is 16.2 Å². The number of carbonyl (C=O) groups is 1. The lowest BCUT2D eigenvalue weighted by molar-refractivity contribution is -0.122. The van der Waals surface area contributed by atoms with Gasteiger partial charge in [-0.3, -0.25) is 4.79 Å². The second-order valence-electron chi connectivity index (χ2n) is 4.59. The summed E-state index contributed by atoms with van der Waals surface area (Å²) in [6.45, 7) is 2.52. The third kappa shape index (κ3) is 4.85. The zero-order chi connectivity index (χ0) is 13.4. The molecule has 1 aromatic carbocycles. The summed E-state index contributed by atoms with van der Waals surface area (Å²) in [5.41, 5.74) is 6.42. The van der Waals surface area contributed by atoms with Crippen molar-refractivity contribution in [3.05, 3.63) is 35.9 Å². The lowest BCUT2D eigenvalue weighted by Gasteiger charge is -2.17. The van der Waals surface area contributed by atoms with Gasteiger partial charge in [0, 0.05) is 6.42 Å². The number of rotatable bonds is 7. The molecule has 0 saturated heterocycles. The van der Waals surface area contributed by atoms with Crippen LogP contribution in [0.15, 0.2) is 30.3 Å². The first-order valence-electron chi connectivity index (χ1n) is 6.32. The van der Waals surface area contributed by atoms with Crippen LogP contribution in [0.4, 0.5) is 0 Å². The number of carbonyl (C=O) groups excluding carboxylic acids is 1. The van der Waals surface area contributed by atoms with Crippen LogP contribution in [-0.2, 0) is 4.79 Å². The molecule has 1 rings (SSSR count). The van der Waals surface area contributed by atoms with Crippen LogP contribution in [-0.4, -0.2) is 24.2 Å². The molecule has 0 radical (unpaired) electrons. The van der Waals surface area contributed by atoms with E-state index in [4.69, 9.17) is 5.73 Å². The maximum atomic E-state index is 11.7. The molecule has 100 valence electrons. The third-order valence-electron chi connectivity index (χ3n) is 2.99. The quantitative estimate of drug-likeness (QED) is 0.681. The molecule has 1 aromatic rings. The van der Waals surface area contributed by atoms with Gasteiger partial charge in [0.1, 0.15) is 0 Å². The molecule has 0 saturated carbocycles. The molecule has 18 heavy (non-hydrogen) atoms. The van der Waals surface area contributed by atoms with Crippen LogP contribution in [0.3, 0.4) is 0 Å². The first kappa shape index (κ1) is 14.7. The standard InChI is InChI=1S/C14H22N2O2/c1-11(9-15)7-8-14(18)16-13(10-17)12-5-3-2-4-6-12/h2-6,11,13,17H,7-10,15H2,1H3,(H,16,18)/t11?,13-/m0/s1. The Kier molecular flexibility index (Phi) is 6.39. The largest absolute Gasteiger partial charge is 0.394 e. The Balaban J connectivity index is 2.46. The predicted molar refractivity (Wildman–Crippen MR) is 71.9 cm³/mol. The van der Waals surface area contributed by atoms with Crippen LogP contribution >= 0.6 is 0 Å². The molecule has 0 aliphatic heterocycles. The number of aliphatic hydroxyl groups is 1. The van der Waals surface area contributed by atoms with Crippen molar-refractivity contribution >= 4 is 5.91 Å². The van der Waals surface area contributed by atoms with Gasteiger partial charge >= 0.3 is 0 Å². The number of hydrogen-bond acceptors (Lipinski definition) is 3. The molecule has 0 bridgehead atoms. The Morgan fingerprint density at radius 1 is 1.39 bits per heavy atom. The third-order valence-corrected chi connectivity index (χ3v) is 2.99. The highest BCUT2D eigenvalue weighted by molar-refractivity contribution is 5.76. The molecular formula is C14H22N2O2. The maximum Gasteiger partial charge on any atom is 0.220 e. The van der Waals surface area contributed by atoms with Crippen LogP contribution in [0.5, 0.6) is 0 Å². The van der Waals surface area contributed by atoms with E-state index in [1.807, 2.05) is 37.3 Å². The average molecular weight is 250 g/mol. The van der Waals surface area contributed by atoms with Crippen molar-refractivity contribution in [3.63, 3.8) is 0 Å². The summed E-state index contributed by atoms with van der Waals surface area (Å²) in [5.74, 6) is 0.304. The van der Waals surface area contributed by atoms with Crippen LogP contribution in [0.2, 0.25) is 0 Å². The van der Waals surface area contributed by atoms with Crippen LogP contribution in [0.1, 0.15) is 31.4 Å². The molecule has 0 fully saturated rings. The van der Waals surface area contributed by atoms with E-state index < -0.39 is 0 Å². The lowest BCUT2D eigenvalue weighted by atomic mass is 10.0. The van der Waals surface area contributed by atoms with Crippen molar-refractivity contribution in [3.8, 4) is 0 Å². The summed E-state index contributed by atoms with van der Waals surface area (Å²) in [6.07, 6.45) is 1.22. The minimum Gasteiger partial charge on any atom is -0.394 e. The Morgan fingerprint density at radius 2 is 2.06 bits per heavy atom. The van der Waals surface area contributed by atoms with E-state index in [1.165, 1.54) is 0 Å². The lowest BCUT2D eigenvalue weighted by Crippen LogP contribution is -2.31. The normalized spacial score (nSPS) is 13.9. The molecule has 0 spiro atoms. The van der Waals surface area contributed by atoms with E-state index in [0.29, 0.717) is 18.9 Å². The van der Waals surface area contributed by atoms with E-state index in [1.54, 1.807) is 0 Å². The molecule has 0 aliphatic rings. The van der Waals surface area contributed by atoms with Gasteiger partial charge in [-0.2, -0.15) is 0 Å². The highest BCUT2D eigenvalue weighted by Crippen LogP contribution is 2.12. The predicted octanol–water partition coefficient (Wildman–Crippen LogP) is 1.21. The fourth-order valence-corrected chi connectivity index (χ4v) is 1.68. The zero-order valence-electron chi connectivity index (χ0n) is 10.8. The highest BCUT2D eigenvalue weighted by atomic mass is 16.3. The Hall–Kier alpha value is -1.39. The minimum absolute atomic E-state index is 0.0433. The monoisotopic (exact) mass is 250 g/mol. The second kappa shape index (κ2) is 7.84. The van der Waals surface area contributed by atoms with Crippen molar-refractivity contribution in [1.82, 2.24) is 5.32 Å². The van der Waals surface area contributed by atoms with Crippen LogP contribution < -0.4 is 11.1 Å². The number of hydrogen-bond donors (Lipinski definition) is 3. The molecular weight excluding hydrogens is 228 g/mol. The molecule has 1 unspecified atom stereocenters. The topological polar surface area (TPSA) is 75.4 Å². The smallest absolute Gasteiger partial charge is 0.220 e. The van der Waals surface area contributed by atoms with Gasteiger partial charge in [0.05, 0.1) is 12.6 Å². The maximum absolute atomic E-state index is 11.7. The fraction of sp³-hybridized carbons (Fsp3) is 0.500. The van der Waals surface area contributed by atoms with Gasteiger partial charge in [0.2, 0.25) is 5.91 Å². The highest BCUT2D eigenvalue weighted by Gasteiger charge is 2.13. The number of benzene rings is 1. The number of nitrogens with one attached hydrogen (secondary N) is 1. The number of nitrogens with two attached hydrogens (primary N) is 1. The van der Waals surface area contributed by atoms with E-state index in [2.05, 4.69) is 5.32 Å². The summed E-state index contributed by atoms with van der Waals surface area (Å²) in [6, 6.07) is 9.14. The Morgan fingerprint density at radius 3 is 2.61 bits per heavy atom. The first-order valence-corrected chi connectivity index (χ1v) is 6.32. The molecule has 0 aromatic heterocycles. The molecule has 0 aliphatic carbocycles. The van der Waals surface area contributed by atoms with Crippen molar-refractivity contribution in [2.45, 2.75) is 25.8 Å². The van der Waals surface area contributed by atoms with Gasteiger partial charge in [0.25, 0.3) is 0 Å². The zero-order valence-corrected chi connectivity index (χ0v) is 10.8. The minimum atomic E-state index is -0.327. The molecule has 2 atom stereocenters. The van der Waals surface area contributed by atoms with Crippen LogP contribution in [0, 0.1) is 5.92 Å². The van der Waals surface area contributed by atoms with Gasteiger partial charge in [-0.05, 0) is 24.4 Å². The van der Waals surface area contributed by atoms with Crippen molar-refractivity contribution in [2.75, 3.05) is 13.2 Å². The summed E-state index contributed by atoms with van der Waals surface area (Å²) in [7, 11) is 0. The molecule has 4 heteroatoms. The van der Waals surface area contributed by atoms with Crippen molar-refractivity contribution in [2.24, 2.45) is 11.7 Å². The van der Waals surface area contributed by atoms with Gasteiger partial charge in [0.15, 0.2) is 0 Å². The SMILES string of the molecule is CC(CN)CCC(=O)N[C@@H](CO)c1ccccc1. The molecule has 4 N–H and O–H groups in total. The number of amides is 1. The average Bonchev–Trinajstić information content (AvgIpc) is 2.43. The summed E-state index contributed by atoms with van der Waals surface area (Å²) < 4.78 is 0. The molecule has 4 nitrogen and oxygen atoms in total. The Bertz CT molecular complexity index is 354. The summed E-state index contributed by atoms with van der Waals surface area (Å²) in [4.78, 5) is 11.7. The summed E-state index contributed by atoms with van der Waals surface area (Å²) >= 11 is 0. The molecule has 1 amide bonds. The summed E-state index contributed by atoms with van der Waals surface area (Å²) in [5, 5.41) is 12.1. The van der Waals surface area contributed by atoms with E-state index in [0.717, 1.165) is 12.0 Å². The number of aliphatic hydroxyl groups excluding tert-OH is 1. The van der Waals surface area contributed by atoms with Gasteiger partial charge in [-0.1, -0.05) is 37.3 Å². The van der Waals surface area contributed by atoms with E-state index >= 15 is 0 Å². The molecule has 0 heterocycles. The van der Waals surface area contributed by atoms with E-state index in [9.17, 15) is 9.90 Å². The van der Waals surface area contributed by atoms with Crippen LogP contribution in [0.25, 0.3) is 0 Å². The van der Waals surface area contributed by atoms with Crippen molar-refractivity contribution in [1.29, 1.82) is 0 Å². The first-order chi connectivity index (χ1) is 8.67. The fourth-order valence-electron chi connectivity index (χ4n) is 1.68. The van der Waals surface area contributed by atoms with Gasteiger partial charge in [-0.25, -0.2) is 0 Å².